The molecule has 3 N–H and O–H groups in total. The third-order valence-electron chi connectivity index (χ3n) is 3.07. The Morgan fingerprint density at radius 3 is 2.80 bits per heavy atom. The van der Waals surface area contributed by atoms with Gasteiger partial charge in [0.15, 0.2) is 10.3 Å². The summed E-state index contributed by atoms with van der Waals surface area (Å²) in [5.74, 6) is 0.0578. The Labute approximate surface area is 124 Å². The van der Waals surface area contributed by atoms with Crippen LogP contribution in [0.15, 0.2) is 6.20 Å². The molecular formula is C12H15N5OS2. The highest BCUT2D eigenvalue weighted by molar-refractivity contribution is 7.18. The predicted octanol–water partition coefficient (Wildman–Crippen LogP) is 2.34. The zero-order chi connectivity index (χ0) is 14.1. The first-order chi connectivity index (χ1) is 9.63. The molecular weight excluding hydrogens is 294 g/mol. The molecule has 1 saturated heterocycles. The number of amides is 1. The highest BCUT2D eigenvalue weighted by Gasteiger charge is 2.22. The fourth-order valence-corrected chi connectivity index (χ4v) is 3.68. The molecule has 8 heteroatoms. The Morgan fingerprint density at radius 1 is 1.40 bits per heavy atom. The van der Waals surface area contributed by atoms with Gasteiger partial charge in [0.25, 0.3) is 5.91 Å². The summed E-state index contributed by atoms with van der Waals surface area (Å²) in [5.41, 5.74) is 5.86. The molecule has 1 aliphatic heterocycles. The second-order valence-corrected chi connectivity index (χ2v) is 6.85. The maximum atomic E-state index is 12.2. The summed E-state index contributed by atoms with van der Waals surface area (Å²) in [6.45, 7) is 3.92. The number of aromatic nitrogens is 2. The van der Waals surface area contributed by atoms with Crippen molar-refractivity contribution in [2.45, 2.75) is 19.8 Å². The number of rotatable bonds is 3. The Kier molecular flexibility index (Phi) is 3.58. The fraction of sp³-hybridized carbons (Fsp3) is 0.417. The molecule has 0 atom stereocenters. The van der Waals surface area contributed by atoms with Crippen molar-refractivity contribution in [1.82, 2.24) is 9.97 Å². The van der Waals surface area contributed by atoms with Crippen LogP contribution in [0.1, 0.15) is 27.4 Å². The number of thiazole rings is 2. The number of carbonyl (C=O) groups is 1. The molecule has 3 heterocycles. The molecule has 0 radical (unpaired) electrons. The normalized spacial score (nSPS) is 14.8. The van der Waals surface area contributed by atoms with Crippen molar-refractivity contribution in [3.63, 3.8) is 0 Å². The zero-order valence-corrected chi connectivity index (χ0v) is 12.7. The number of carbonyl (C=O) groups excluding carboxylic acids is 1. The van der Waals surface area contributed by atoms with Crippen molar-refractivity contribution in [3.8, 4) is 0 Å². The third kappa shape index (κ3) is 2.61. The van der Waals surface area contributed by atoms with Gasteiger partial charge < -0.3 is 10.6 Å². The minimum Gasteiger partial charge on any atom is -0.382 e. The van der Waals surface area contributed by atoms with Crippen LogP contribution >= 0.6 is 22.7 Å². The average molecular weight is 309 g/mol. The van der Waals surface area contributed by atoms with Crippen LogP contribution in [0.3, 0.4) is 0 Å². The smallest absolute Gasteiger partial charge is 0.271 e. The maximum absolute atomic E-state index is 12.2. The van der Waals surface area contributed by atoms with Gasteiger partial charge >= 0.3 is 0 Å². The molecule has 1 fully saturated rings. The Morgan fingerprint density at radius 2 is 2.15 bits per heavy atom. The number of aryl methyl sites for hydroxylation is 1. The molecule has 1 aliphatic rings. The minimum atomic E-state index is -0.236. The lowest BCUT2D eigenvalue weighted by Gasteiger charge is -2.11. The van der Waals surface area contributed by atoms with Crippen molar-refractivity contribution >= 4 is 44.7 Å². The zero-order valence-electron chi connectivity index (χ0n) is 11.0. The highest BCUT2D eigenvalue weighted by atomic mass is 32.1. The van der Waals surface area contributed by atoms with Gasteiger partial charge in [-0.25, -0.2) is 9.97 Å². The quantitative estimate of drug-likeness (QED) is 0.909. The van der Waals surface area contributed by atoms with Gasteiger partial charge in [-0.1, -0.05) is 11.3 Å². The number of nitrogens with zero attached hydrogens (tertiary/aromatic N) is 3. The SMILES string of the molecule is Cc1cnc(NC(=O)c2sc(N3CCCC3)nc2N)s1. The lowest BCUT2D eigenvalue weighted by atomic mass is 10.4. The van der Waals surface area contributed by atoms with Crippen LogP contribution in [0.2, 0.25) is 0 Å². The van der Waals surface area contributed by atoms with E-state index < -0.39 is 0 Å². The first-order valence-electron chi connectivity index (χ1n) is 6.38. The Balaban J connectivity index is 1.77. The van der Waals surface area contributed by atoms with Crippen LogP contribution in [-0.4, -0.2) is 29.0 Å². The number of hydrogen-bond acceptors (Lipinski definition) is 7. The predicted molar refractivity (Wildman–Crippen MR) is 82.8 cm³/mol. The van der Waals surface area contributed by atoms with Crippen LogP contribution in [0.4, 0.5) is 16.1 Å². The third-order valence-corrected chi connectivity index (χ3v) is 5.03. The Bertz CT molecular complexity index is 630. The van der Waals surface area contributed by atoms with E-state index in [1.165, 1.54) is 35.5 Å². The largest absolute Gasteiger partial charge is 0.382 e. The molecule has 2 aromatic heterocycles. The first kappa shape index (κ1) is 13.3. The molecule has 1 amide bonds. The molecule has 0 aliphatic carbocycles. The van der Waals surface area contributed by atoms with E-state index in [0.29, 0.717) is 15.8 Å². The molecule has 0 aromatic carbocycles. The topological polar surface area (TPSA) is 84.1 Å². The standard InChI is InChI=1S/C12H15N5OS2/c1-7-6-14-11(19-7)16-10(18)8-9(13)15-12(20-8)17-4-2-3-5-17/h6H,2-5,13H2,1H3,(H,14,16,18). The van der Waals surface area contributed by atoms with Crippen molar-refractivity contribution in [3.05, 3.63) is 16.0 Å². The van der Waals surface area contributed by atoms with E-state index in [4.69, 9.17) is 5.73 Å². The van der Waals surface area contributed by atoms with Gasteiger partial charge in [-0.2, -0.15) is 0 Å². The average Bonchev–Trinajstić information content (AvgIpc) is 3.09. The molecule has 0 unspecified atom stereocenters. The minimum absolute atomic E-state index is 0.236. The molecule has 2 aromatic rings. The number of nitrogens with one attached hydrogen (secondary N) is 1. The monoisotopic (exact) mass is 309 g/mol. The van der Waals surface area contributed by atoms with Crippen molar-refractivity contribution < 1.29 is 4.79 Å². The number of anilines is 3. The van der Waals surface area contributed by atoms with E-state index >= 15 is 0 Å². The van der Waals surface area contributed by atoms with Crippen LogP contribution in [0.5, 0.6) is 0 Å². The lowest BCUT2D eigenvalue weighted by Crippen LogP contribution is -2.17. The van der Waals surface area contributed by atoms with E-state index in [-0.39, 0.29) is 5.91 Å². The Hall–Kier alpha value is -1.67. The molecule has 20 heavy (non-hydrogen) atoms. The van der Waals surface area contributed by atoms with E-state index in [0.717, 1.165) is 23.1 Å². The van der Waals surface area contributed by atoms with Gasteiger partial charge in [0.05, 0.1) is 0 Å². The summed E-state index contributed by atoms with van der Waals surface area (Å²) in [7, 11) is 0. The molecule has 0 saturated carbocycles. The second kappa shape index (κ2) is 5.37. The number of hydrogen-bond donors (Lipinski definition) is 2. The summed E-state index contributed by atoms with van der Waals surface area (Å²) >= 11 is 2.78. The summed E-state index contributed by atoms with van der Waals surface area (Å²) < 4.78 is 0. The lowest BCUT2D eigenvalue weighted by molar-refractivity contribution is 0.103. The van der Waals surface area contributed by atoms with E-state index in [1.54, 1.807) is 6.20 Å². The van der Waals surface area contributed by atoms with Crippen LogP contribution in [0.25, 0.3) is 0 Å². The highest BCUT2D eigenvalue weighted by Crippen LogP contribution is 2.31. The maximum Gasteiger partial charge on any atom is 0.271 e. The van der Waals surface area contributed by atoms with Gasteiger partial charge in [-0.15, -0.1) is 11.3 Å². The summed E-state index contributed by atoms with van der Waals surface area (Å²) in [4.78, 5) is 24.3. The first-order valence-corrected chi connectivity index (χ1v) is 8.02. The summed E-state index contributed by atoms with van der Waals surface area (Å²) in [6.07, 6.45) is 4.06. The van der Waals surface area contributed by atoms with Crippen LogP contribution in [-0.2, 0) is 0 Å². The van der Waals surface area contributed by atoms with Crippen molar-refractivity contribution in [2.24, 2.45) is 0 Å². The molecule has 106 valence electrons. The van der Waals surface area contributed by atoms with E-state index in [1.807, 2.05) is 6.92 Å². The van der Waals surface area contributed by atoms with Crippen molar-refractivity contribution in [1.29, 1.82) is 0 Å². The van der Waals surface area contributed by atoms with Gasteiger partial charge in [0, 0.05) is 24.2 Å². The van der Waals surface area contributed by atoms with Gasteiger partial charge in [0.1, 0.15) is 10.7 Å². The van der Waals surface area contributed by atoms with Gasteiger partial charge in [-0.3, -0.25) is 10.1 Å². The van der Waals surface area contributed by atoms with Crippen LogP contribution in [0, 0.1) is 6.92 Å². The molecule has 3 rings (SSSR count). The molecule has 0 spiro atoms. The van der Waals surface area contributed by atoms with Crippen molar-refractivity contribution in [2.75, 3.05) is 29.0 Å². The summed E-state index contributed by atoms with van der Waals surface area (Å²) in [5, 5.41) is 4.18. The molecule has 0 bridgehead atoms. The molecule has 6 nitrogen and oxygen atoms in total. The van der Waals surface area contributed by atoms with Gasteiger partial charge in [0.2, 0.25) is 0 Å². The number of nitrogen functional groups attached to an aromatic ring is 1. The second-order valence-electron chi connectivity index (χ2n) is 4.64. The van der Waals surface area contributed by atoms with E-state index in [9.17, 15) is 4.79 Å². The van der Waals surface area contributed by atoms with E-state index in [2.05, 4.69) is 20.2 Å². The fourth-order valence-electron chi connectivity index (χ4n) is 2.09. The summed E-state index contributed by atoms with van der Waals surface area (Å²) in [6, 6.07) is 0. The van der Waals surface area contributed by atoms with Gasteiger partial charge in [-0.05, 0) is 19.8 Å². The number of nitrogens with two attached hydrogens (primary N) is 1. The van der Waals surface area contributed by atoms with Crippen LogP contribution < -0.4 is 16.0 Å².